The first kappa shape index (κ1) is 12.7. The van der Waals surface area contributed by atoms with Crippen LogP contribution in [0.3, 0.4) is 0 Å². The van der Waals surface area contributed by atoms with Crippen molar-refractivity contribution < 1.29 is 19.1 Å². The van der Waals surface area contributed by atoms with Crippen molar-refractivity contribution in [3.63, 3.8) is 0 Å². The Labute approximate surface area is 105 Å². The molecule has 0 aromatic heterocycles. The smallest absolute Gasteiger partial charge is 0.339 e. The molecule has 0 saturated carbocycles. The van der Waals surface area contributed by atoms with Gasteiger partial charge in [0, 0.05) is 26.6 Å². The summed E-state index contributed by atoms with van der Waals surface area (Å²) in [6.07, 6.45) is 1.50. The highest BCUT2D eigenvalue weighted by molar-refractivity contribution is 5.88. The first-order valence-electron chi connectivity index (χ1n) is 5.98. The summed E-state index contributed by atoms with van der Waals surface area (Å²) in [5.74, 6) is -0.600. The molecule has 0 aliphatic carbocycles. The van der Waals surface area contributed by atoms with E-state index < -0.39 is 12.0 Å². The molecule has 0 bridgehead atoms. The molecule has 7 nitrogen and oxygen atoms in total. The lowest BCUT2D eigenvalue weighted by Crippen LogP contribution is -2.60. The molecule has 2 fully saturated rings. The van der Waals surface area contributed by atoms with Crippen LogP contribution in [0, 0.1) is 0 Å². The van der Waals surface area contributed by atoms with Crippen LogP contribution < -0.4 is 0 Å². The number of fused-ring (bicyclic) bond motifs is 1. The number of ether oxygens (including phenoxy) is 1. The highest BCUT2D eigenvalue weighted by Crippen LogP contribution is 2.23. The highest BCUT2D eigenvalue weighted by atomic mass is 16.5. The van der Waals surface area contributed by atoms with Crippen LogP contribution in [0.5, 0.6) is 0 Å². The average Bonchev–Trinajstić information content (AvgIpc) is 2.50. The Morgan fingerprint density at radius 2 is 2.06 bits per heavy atom. The number of urea groups is 1. The van der Waals surface area contributed by atoms with Crippen molar-refractivity contribution in [3.8, 4) is 0 Å². The molecule has 2 aliphatic rings. The summed E-state index contributed by atoms with van der Waals surface area (Å²) in [5, 5.41) is 2.64. The molecule has 0 aromatic rings. The zero-order valence-corrected chi connectivity index (χ0v) is 10.6. The predicted molar refractivity (Wildman–Crippen MR) is 61.2 cm³/mol. The number of carbonyl (C=O) groups excluding carboxylic acids is 3. The fourth-order valence-corrected chi connectivity index (χ4v) is 2.33. The van der Waals surface area contributed by atoms with Crippen molar-refractivity contribution in [2.75, 3.05) is 27.2 Å². The van der Waals surface area contributed by atoms with E-state index in [0.717, 1.165) is 0 Å². The number of rotatable bonds is 1. The third-order valence-corrected chi connectivity index (χ3v) is 3.35. The molecule has 100 valence electrons. The van der Waals surface area contributed by atoms with Crippen LogP contribution in [0.2, 0.25) is 0 Å². The van der Waals surface area contributed by atoms with Crippen molar-refractivity contribution >= 4 is 17.9 Å². The standard InChI is InChI=1S/C11H17N3O4/c1-12-7-5-9(15)13-6-3-4-8(10(16)18-2)14(13)11(12)17/h8H,3-7H2,1-2H3. The van der Waals surface area contributed by atoms with Gasteiger partial charge in [-0.1, -0.05) is 0 Å². The summed E-state index contributed by atoms with van der Waals surface area (Å²) in [5.41, 5.74) is 0. The van der Waals surface area contributed by atoms with E-state index in [1.54, 1.807) is 7.05 Å². The number of hydrogen-bond donors (Lipinski definition) is 0. The molecule has 0 N–H and O–H groups in total. The molecule has 2 rings (SSSR count). The summed E-state index contributed by atoms with van der Waals surface area (Å²) in [7, 11) is 2.91. The summed E-state index contributed by atoms with van der Waals surface area (Å²) in [6, 6.07) is -1.02. The van der Waals surface area contributed by atoms with Crippen LogP contribution in [0.1, 0.15) is 19.3 Å². The van der Waals surface area contributed by atoms with Gasteiger partial charge in [0.2, 0.25) is 5.91 Å². The first-order chi connectivity index (χ1) is 8.56. The van der Waals surface area contributed by atoms with Crippen molar-refractivity contribution in [1.82, 2.24) is 14.9 Å². The summed E-state index contributed by atoms with van der Waals surface area (Å²) >= 11 is 0. The molecule has 2 heterocycles. The maximum atomic E-state index is 12.2. The van der Waals surface area contributed by atoms with Crippen molar-refractivity contribution in [3.05, 3.63) is 0 Å². The Balaban J connectivity index is 2.32. The van der Waals surface area contributed by atoms with E-state index in [1.807, 2.05) is 0 Å². The first-order valence-corrected chi connectivity index (χ1v) is 5.98. The Kier molecular flexibility index (Phi) is 3.40. The quantitative estimate of drug-likeness (QED) is 0.610. The molecule has 18 heavy (non-hydrogen) atoms. The second-order valence-corrected chi connectivity index (χ2v) is 4.50. The van der Waals surface area contributed by atoms with Gasteiger partial charge < -0.3 is 9.64 Å². The van der Waals surface area contributed by atoms with Gasteiger partial charge in [-0.2, -0.15) is 0 Å². The van der Waals surface area contributed by atoms with Crippen molar-refractivity contribution in [1.29, 1.82) is 0 Å². The normalized spacial score (nSPS) is 24.8. The molecular weight excluding hydrogens is 238 g/mol. The number of hydrogen-bond acceptors (Lipinski definition) is 4. The van der Waals surface area contributed by atoms with E-state index >= 15 is 0 Å². The van der Waals surface area contributed by atoms with E-state index in [1.165, 1.54) is 22.0 Å². The molecule has 2 aliphatic heterocycles. The molecule has 1 atom stereocenters. The Morgan fingerprint density at radius 3 is 2.72 bits per heavy atom. The lowest BCUT2D eigenvalue weighted by molar-refractivity contribution is -0.164. The van der Waals surface area contributed by atoms with E-state index in [2.05, 4.69) is 0 Å². The lowest BCUT2D eigenvalue weighted by Gasteiger charge is -2.41. The third-order valence-electron chi connectivity index (χ3n) is 3.35. The minimum absolute atomic E-state index is 0.124. The summed E-state index contributed by atoms with van der Waals surface area (Å²) in [6.45, 7) is 0.852. The van der Waals surface area contributed by atoms with Gasteiger partial charge in [0.15, 0.2) is 6.04 Å². The zero-order chi connectivity index (χ0) is 13.3. The Bertz CT molecular complexity index is 384. The van der Waals surface area contributed by atoms with E-state index in [4.69, 9.17) is 4.74 Å². The molecule has 0 radical (unpaired) electrons. The maximum Gasteiger partial charge on any atom is 0.339 e. The Morgan fingerprint density at radius 1 is 1.33 bits per heavy atom. The van der Waals surface area contributed by atoms with Gasteiger partial charge in [0.1, 0.15) is 0 Å². The summed E-state index contributed by atoms with van der Waals surface area (Å²) in [4.78, 5) is 37.3. The van der Waals surface area contributed by atoms with Gasteiger partial charge in [-0.3, -0.25) is 4.79 Å². The fourth-order valence-electron chi connectivity index (χ4n) is 2.33. The molecule has 3 amide bonds. The minimum Gasteiger partial charge on any atom is -0.467 e. The van der Waals surface area contributed by atoms with Crippen LogP contribution in [-0.4, -0.2) is 66.1 Å². The van der Waals surface area contributed by atoms with E-state index in [0.29, 0.717) is 25.9 Å². The number of methoxy groups -OCH3 is 1. The van der Waals surface area contributed by atoms with Crippen LogP contribution in [-0.2, 0) is 14.3 Å². The predicted octanol–water partition coefficient (Wildman–Crippen LogP) is -0.177. The number of esters is 1. The number of carbonyl (C=O) groups is 3. The highest BCUT2D eigenvalue weighted by Gasteiger charge is 2.42. The molecule has 2 saturated heterocycles. The minimum atomic E-state index is -0.694. The second-order valence-electron chi connectivity index (χ2n) is 4.50. The van der Waals surface area contributed by atoms with Crippen molar-refractivity contribution in [2.24, 2.45) is 0 Å². The molecule has 0 aromatic carbocycles. The maximum absolute atomic E-state index is 12.2. The van der Waals surface area contributed by atoms with Gasteiger partial charge in [0.05, 0.1) is 7.11 Å². The summed E-state index contributed by atoms with van der Waals surface area (Å²) < 4.78 is 4.71. The molecular formula is C11H17N3O4. The van der Waals surface area contributed by atoms with Gasteiger partial charge in [0.25, 0.3) is 0 Å². The number of amides is 3. The molecule has 1 unspecified atom stereocenters. The molecule has 7 heteroatoms. The SMILES string of the molecule is COC(=O)C1CCCN2C(=O)CCN(C)C(=O)N12. The lowest BCUT2D eigenvalue weighted by atomic mass is 10.1. The Hall–Kier alpha value is -1.79. The van der Waals surface area contributed by atoms with Crippen LogP contribution in [0.25, 0.3) is 0 Å². The third kappa shape index (κ3) is 2.00. The van der Waals surface area contributed by atoms with E-state index in [-0.39, 0.29) is 18.4 Å². The van der Waals surface area contributed by atoms with Gasteiger partial charge in [-0.25, -0.2) is 19.6 Å². The number of hydrazine groups is 1. The van der Waals surface area contributed by atoms with Crippen molar-refractivity contribution in [2.45, 2.75) is 25.3 Å². The largest absolute Gasteiger partial charge is 0.467 e. The monoisotopic (exact) mass is 255 g/mol. The van der Waals surface area contributed by atoms with Gasteiger partial charge >= 0.3 is 12.0 Å². The van der Waals surface area contributed by atoms with Crippen LogP contribution in [0.15, 0.2) is 0 Å². The number of nitrogens with zero attached hydrogens (tertiary/aromatic N) is 3. The van der Waals surface area contributed by atoms with Crippen LogP contribution in [0.4, 0.5) is 4.79 Å². The topological polar surface area (TPSA) is 70.2 Å². The molecule has 0 spiro atoms. The average molecular weight is 255 g/mol. The zero-order valence-electron chi connectivity index (χ0n) is 10.6. The van der Waals surface area contributed by atoms with Crippen LogP contribution >= 0.6 is 0 Å². The second kappa shape index (κ2) is 4.83. The fraction of sp³-hybridized carbons (Fsp3) is 0.727. The van der Waals surface area contributed by atoms with Gasteiger partial charge in [-0.15, -0.1) is 0 Å². The van der Waals surface area contributed by atoms with Gasteiger partial charge in [-0.05, 0) is 12.8 Å². The van der Waals surface area contributed by atoms with E-state index in [9.17, 15) is 14.4 Å².